The lowest BCUT2D eigenvalue weighted by Gasteiger charge is -2.27. The summed E-state index contributed by atoms with van der Waals surface area (Å²) < 4.78 is 73.1. The van der Waals surface area contributed by atoms with Crippen LogP contribution in [0.3, 0.4) is 0 Å². The molecule has 0 saturated carbocycles. The molecule has 1 rings (SSSR count). The van der Waals surface area contributed by atoms with Gasteiger partial charge in [-0.25, -0.2) is 4.67 Å². The third kappa shape index (κ3) is 3.16. The lowest BCUT2D eigenvalue weighted by molar-refractivity contribution is 0.427. The molecule has 96 valence electrons. The Labute approximate surface area is 90.2 Å². The van der Waals surface area contributed by atoms with Crippen LogP contribution in [0.2, 0.25) is 0 Å². The molecule has 4 nitrogen and oxygen atoms in total. The summed E-state index contributed by atoms with van der Waals surface area (Å²) in [6.07, 6.45) is 0. The Kier molecular flexibility index (Phi) is 3.77. The topological polar surface area (TPSA) is 40.3 Å². The van der Waals surface area contributed by atoms with E-state index >= 15 is 0 Å². The van der Waals surface area contributed by atoms with E-state index < -0.39 is 29.4 Å². The van der Waals surface area contributed by atoms with Crippen LogP contribution in [-0.4, -0.2) is 17.8 Å². The van der Waals surface area contributed by atoms with Crippen LogP contribution in [0, 0.1) is 0 Å². The van der Waals surface area contributed by atoms with E-state index in [9.17, 15) is 21.0 Å². The van der Waals surface area contributed by atoms with E-state index in [1.54, 1.807) is 0 Å². The summed E-state index contributed by atoms with van der Waals surface area (Å²) >= 11 is 0. The highest BCUT2D eigenvalue weighted by atomic mass is 31.3. The number of hydrogen-bond donors (Lipinski definition) is 0. The second-order valence-electron chi connectivity index (χ2n) is 3.34. The summed E-state index contributed by atoms with van der Waals surface area (Å²) in [5, 5.41) is 0. The molecule has 1 unspecified atom stereocenters. The van der Waals surface area contributed by atoms with E-state index in [2.05, 4.69) is 9.03 Å². The first kappa shape index (κ1) is 14.4. The van der Waals surface area contributed by atoms with Crippen molar-refractivity contribution in [3.63, 3.8) is 0 Å². The Morgan fingerprint density at radius 3 is 1.69 bits per heavy atom. The van der Waals surface area contributed by atoms with Gasteiger partial charge in [0.05, 0.1) is 0 Å². The monoisotopic (exact) mass is 302 g/mol. The Balaban J connectivity index is 3.43. The van der Waals surface area contributed by atoms with E-state index in [-0.39, 0.29) is 0 Å². The molecule has 1 atom stereocenters. The zero-order chi connectivity index (χ0) is 12.8. The third-order valence-corrected chi connectivity index (χ3v) is 8.34. The molecule has 0 fully saturated rings. The summed E-state index contributed by atoms with van der Waals surface area (Å²) in [5.74, 6) is 0. The van der Waals surface area contributed by atoms with Crippen LogP contribution in [0.5, 0.6) is 0 Å². The minimum atomic E-state index is -5.58. The fourth-order valence-corrected chi connectivity index (χ4v) is 7.10. The molecular weight excluding hydrogens is 292 g/mol. The van der Waals surface area contributed by atoms with Crippen LogP contribution in [0.1, 0.15) is 13.8 Å². The Morgan fingerprint density at radius 2 is 1.31 bits per heavy atom. The molecule has 0 bridgehead atoms. The minimum Gasteiger partial charge on any atom is -0.227 e. The fraction of sp³-hybridized carbons (Fsp3) is 1.00. The molecule has 0 spiro atoms. The molecule has 1 aliphatic heterocycles. The van der Waals surface area contributed by atoms with Crippen LogP contribution < -0.4 is 0 Å². The summed E-state index contributed by atoms with van der Waals surface area (Å²) in [4.78, 5) is 0. The first-order chi connectivity index (χ1) is 6.98. The number of halogens is 5. The van der Waals surface area contributed by atoms with Crippen LogP contribution in [-0.2, 0) is 0 Å². The van der Waals surface area contributed by atoms with Crippen molar-refractivity contribution in [3.05, 3.63) is 0 Å². The Bertz CT molecular complexity index is 439. The van der Waals surface area contributed by atoms with Crippen molar-refractivity contribution >= 4 is 23.3 Å². The molecule has 16 heavy (non-hydrogen) atoms. The van der Waals surface area contributed by atoms with Gasteiger partial charge < -0.3 is 0 Å². The average Bonchev–Trinajstić information content (AvgIpc) is 1.95. The highest BCUT2D eigenvalue weighted by molar-refractivity contribution is 7.78. The standard InChI is InChI=1S/C4H10F5N4P3/c1-4(2)13(3)16(9)11-14(5,6)10-15(7,8)12-16/h4H,1-3H3. The van der Waals surface area contributed by atoms with Gasteiger partial charge >= 0.3 is 23.3 Å². The highest BCUT2D eigenvalue weighted by Gasteiger charge is 2.41. The van der Waals surface area contributed by atoms with Crippen molar-refractivity contribution in [1.82, 2.24) is 4.67 Å². The molecule has 12 heteroatoms. The van der Waals surface area contributed by atoms with E-state index in [1.165, 1.54) is 13.8 Å². The maximum atomic E-state index is 13.9. The van der Waals surface area contributed by atoms with Gasteiger partial charge in [0.25, 0.3) is 0 Å². The molecule has 0 aromatic rings. The van der Waals surface area contributed by atoms with Crippen molar-refractivity contribution < 1.29 is 21.0 Å². The van der Waals surface area contributed by atoms with E-state index in [1.807, 2.05) is 4.52 Å². The maximum Gasteiger partial charge on any atom is 0.424 e. The minimum absolute atomic E-state index is 0.552. The second kappa shape index (κ2) is 4.20. The van der Waals surface area contributed by atoms with Gasteiger partial charge in [-0.3, -0.25) is 0 Å². The highest BCUT2D eigenvalue weighted by Crippen LogP contribution is 2.82. The van der Waals surface area contributed by atoms with Gasteiger partial charge in [0.2, 0.25) is 0 Å². The number of rotatable bonds is 2. The molecule has 0 aromatic carbocycles. The molecule has 0 amide bonds. The molecule has 0 saturated heterocycles. The Hall–Kier alpha value is 0.300. The molecule has 0 aromatic heterocycles. The van der Waals surface area contributed by atoms with E-state index in [0.717, 1.165) is 11.7 Å². The first-order valence-corrected chi connectivity index (χ1v) is 8.60. The smallest absolute Gasteiger partial charge is 0.227 e. The first-order valence-electron chi connectivity index (χ1n) is 4.11. The third-order valence-electron chi connectivity index (χ3n) is 1.81. The van der Waals surface area contributed by atoms with Crippen molar-refractivity contribution in [2.45, 2.75) is 19.9 Å². The SMILES string of the molecule is CC(C)N(C)P1(F)=NP(F)(F)=NP(F)(F)=N1. The van der Waals surface area contributed by atoms with Crippen molar-refractivity contribution in [1.29, 1.82) is 0 Å². The predicted octanol–water partition coefficient (Wildman–Crippen LogP) is 6.03. The second-order valence-corrected chi connectivity index (χ2v) is 8.93. The quantitative estimate of drug-likeness (QED) is 0.453. The van der Waals surface area contributed by atoms with E-state index in [0.29, 0.717) is 0 Å². The van der Waals surface area contributed by atoms with Gasteiger partial charge in [-0.15, -0.1) is 30.3 Å². The van der Waals surface area contributed by atoms with Gasteiger partial charge in [0.1, 0.15) is 0 Å². The summed E-state index contributed by atoms with van der Waals surface area (Å²) in [6.45, 7) is 2.95. The lowest BCUT2D eigenvalue weighted by atomic mass is 10.4. The van der Waals surface area contributed by atoms with Crippen LogP contribution in [0.4, 0.5) is 21.0 Å². The van der Waals surface area contributed by atoms with Gasteiger partial charge in [-0.2, -0.15) is 4.20 Å². The number of hydrogen-bond acceptors (Lipinski definition) is 4. The largest absolute Gasteiger partial charge is 0.424 e. The molecule has 1 aliphatic rings. The van der Waals surface area contributed by atoms with Gasteiger partial charge in [-0.05, 0) is 20.9 Å². The van der Waals surface area contributed by atoms with Gasteiger partial charge in [-0.1, -0.05) is 0 Å². The van der Waals surface area contributed by atoms with Gasteiger partial charge in [0, 0.05) is 6.04 Å². The van der Waals surface area contributed by atoms with Crippen molar-refractivity contribution in [3.8, 4) is 0 Å². The van der Waals surface area contributed by atoms with Crippen molar-refractivity contribution in [2.24, 2.45) is 13.5 Å². The fourth-order valence-electron chi connectivity index (χ4n) is 0.877. The molecule has 0 N–H and O–H groups in total. The zero-order valence-electron chi connectivity index (χ0n) is 8.60. The maximum absolute atomic E-state index is 13.9. The Morgan fingerprint density at radius 1 is 0.875 bits per heavy atom. The van der Waals surface area contributed by atoms with Crippen LogP contribution in [0.25, 0.3) is 0 Å². The molecule has 0 aliphatic carbocycles. The van der Waals surface area contributed by atoms with E-state index in [4.69, 9.17) is 0 Å². The van der Waals surface area contributed by atoms with Gasteiger partial charge in [0.15, 0.2) is 0 Å². The zero-order valence-corrected chi connectivity index (χ0v) is 11.3. The molecule has 1 heterocycles. The normalized spacial score (nSPS) is 31.9. The molecular formula is C4H10F5N4P3. The predicted molar refractivity (Wildman–Crippen MR) is 56.5 cm³/mol. The van der Waals surface area contributed by atoms with Crippen LogP contribution in [0.15, 0.2) is 13.5 Å². The number of nitrogens with zero attached hydrogens (tertiary/aromatic N) is 4. The summed E-state index contributed by atoms with van der Waals surface area (Å²) in [6, 6.07) is -0.552. The lowest BCUT2D eigenvalue weighted by Crippen LogP contribution is -2.20. The summed E-state index contributed by atoms with van der Waals surface area (Å²) in [5.41, 5.74) is 0. The average molecular weight is 302 g/mol. The summed E-state index contributed by atoms with van der Waals surface area (Å²) in [7, 11) is -14.7. The molecule has 0 radical (unpaired) electrons. The van der Waals surface area contributed by atoms with Crippen molar-refractivity contribution in [2.75, 3.05) is 7.05 Å². The van der Waals surface area contributed by atoms with Crippen LogP contribution >= 0.6 is 23.3 Å².